The number of carboxylic acid groups (broad SMARTS) is 1. The second kappa shape index (κ2) is 5.44. The first-order chi connectivity index (χ1) is 3.68. The first-order valence-electron chi connectivity index (χ1n) is 1.74. The van der Waals surface area contributed by atoms with E-state index in [4.69, 9.17) is 10.8 Å². The maximum absolute atomic E-state index is 9.69. The number of isocyanates is 1. The minimum absolute atomic E-state index is 0. The Kier molecular flexibility index (Phi) is 6.74. The van der Waals surface area contributed by atoms with Crippen LogP contribution in [0.5, 0.6) is 0 Å². The Morgan fingerprint density at radius 1 is 1.78 bits per heavy atom. The van der Waals surface area contributed by atoms with Crippen LogP contribution < -0.4 is 5.73 Å². The number of carbonyl (C=O) groups is 1. The van der Waals surface area contributed by atoms with E-state index in [0.29, 0.717) is 0 Å². The van der Waals surface area contributed by atoms with Gasteiger partial charge >= 0.3 is 5.97 Å². The van der Waals surface area contributed by atoms with E-state index < -0.39 is 12.1 Å². The summed E-state index contributed by atoms with van der Waals surface area (Å²) in [6, 6.07) is 0. The molecule has 0 aromatic rings. The van der Waals surface area contributed by atoms with Gasteiger partial charge in [0.05, 0.1) is 0 Å². The summed E-state index contributed by atoms with van der Waals surface area (Å²) in [6.07, 6.45) is -0.447. The van der Waals surface area contributed by atoms with Crippen LogP contribution in [0.1, 0.15) is 0 Å². The molecule has 0 saturated heterocycles. The zero-order valence-corrected chi connectivity index (χ0v) is 5.17. The topological polar surface area (TPSA) is 92.8 Å². The molecule has 5 nitrogen and oxygen atoms in total. The van der Waals surface area contributed by atoms with Crippen LogP contribution in [0.2, 0.25) is 0 Å². The zero-order chi connectivity index (χ0) is 6.57. The molecule has 3 N–H and O–H groups in total. The van der Waals surface area contributed by atoms with Gasteiger partial charge in [0, 0.05) is 16.5 Å². The van der Waals surface area contributed by atoms with E-state index in [2.05, 4.69) is 4.99 Å². The van der Waals surface area contributed by atoms with Gasteiger partial charge in [-0.15, -0.1) is 0 Å². The van der Waals surface area contributed by atoms with Gasteiger partial charge in [-0.25, -0.2) is 9.59 Å². The number of aliphatic imine (C=N–C) groups is 1. The second-order valence-electron chi connectivity index (χ2n) is 1.00. The quantitative estimate of drug-likeness (QED) is 0.309. The Morgan fingerprint density at radius 3 is 2.33 bits per heavy atom. The first kappa shape index (κ1) is 11.1. The van der Waals surface area contributed by atoms with Crippen LogP contribution >= 0.6 is 0 Å². The molecular weight excluding hydrogens is 171 g/mol. The minimum atomic E-state index is -1.47. The number of carboxylic acids is 1. The smallest absolute Gasteiger partial charge is 0.344 e. The average molecular weight is 175 g/mol. The molecule has 9 heavy (non-hydrogen) atoms. The van der Waals surface area contributed by atoms with Crippen molar-refractivity contribution in [2.75, 3.05) is 0 Å². The number of aliphatic carboxylic acids is 1. The fraction of sp³-hybridized carbons (Fsp3) is 0.333. The number of hydrogen-bond acceptors (Lipinski definition) is 4. The van der Waals surface area contributed by atoms with E-state index in [0.717, 1.165) is 6.08 Å². The van der Waals surface area contributed by atoms with E-state index in [-0.39, 0.29) is 16.5 Å². The first-order valence-corrected chi connectivity index (χ1v) is 1.74. The second-order valence-corrected chi connectivity index (χ2v) is 1.00. The third-order valence-corrected chi connectivity index (χ3v) is 0.445. The molecule has 1 unspecified atom stereocenters. The van der Waals surface area contributed by atoms with Crippen molar-refractivity contribution in [1.29, 1.82) is 0 Å². The maximum Gasteiger partial charge on any atom is 0.344 e. The number of nitrogens with zero attached hydrogens (tertiary/aromatic N) is 1. The molecule has 0 fully saturated rings. The van der Waals surface area contributed by atoms with Crippen LogP contribution in [0.15, 0.2) is 4.99 Å². The SMILES string of the molecule is NC(N=C=O)C(=O)O.[Ni]. The van der Waals surface area contributed by atoms with Crippen LogP contribution in [0.4, 0.5) is 0 Å². The molecule has 0 rings (SSSR count). The summed E-state index contributed by atoms with van der Waals surface area (Å²) in [5.74, 6) is -1.34. The van der Waals surface area contributed by atoms with Gasteiger partial charge in [0.15, 0.2) is 0 Å². The van der Waals surface area contributed by atoms with E-state index in [1.807, 2.05) is 0 Å². The van der Waals surface area contributed by atoms with Crippen LogP contribution in [0, 0.1) is 0 Å². The molecule has 0 aliphatic carbocycles. The van der Waals surface area contributed by atoms with Gasteiger partial charge in [-0.3, -0.25) is 5.73 Å². The van der Waals surface area contributed by atoms with Crippen LogP contribution in [-0.2, 0) is 26.1 Å². The van der Waals surface area contributed by atoms with Crippen molar-refractivity contribution in [3.8, 4) is 0 Å². The summed E-state index contributed by atoms with van der Waals surface area (Å²) in [5, 5.41) is 7.92. The summed E-state index contributed by atoms with van der Waals surface area (Å²) in [6.45, 7) is 0. The zero-order valence-electron chi connectivity index (χ0n) is 4.18. The summed E-state index contributed by atoms with van der Waals surface area (Å²) >= 11 is 0. The molecule has 0 heterocycles. The van der Waals surface area contributed by atoms with E-state index in [9.17, 15) is 9.59 Å². The van der Waals surface area contributed by atoms with Crippen molar-refractivity contribution >= 4 is 12.0 Å². The van der Waals surface area contributed by atoms with Crippen molar-refractivity contribution in [3.05, 3.63) is 0 Å². The number of carbonyl (C=O) groups excluding carboxylic acids is 1. The number of hydrogen-bond donors (Lipinski definition) is 2. The minimum Gasteiger partial charge on any atom is -0.479 e. The summed E-state index contributed by atoms with van der Waals surface area (Å²) in [7, 11) is 0. The molecule has 0 aromatic heterocycles. The summed E-state index contributed by atoms with van der Waals surface area (Å²) < 4.78 is 0. The molecule has 0 bridgehead atoms. The maximum atomic E-state index is 9.69. The number of nitrogens with two attached hydrogens (primary N) is 1. The third kappa shape index (κ3) is 5.17. The van der Waals surface area contributed by atoms with Gasteiger partial charge in [-0.05, 0) is 0 Å². The molecule has 0 saturated carbocycles. The van der Waals surface area contributed by atoms with Gasteiger partial charge in [0.25, 0.3) is 0 Å². The van der Waals surface area contributed by atoms with Crippen molar-refractivity contribution in [1.82, 2.24) is 0 Å². The monoisotopic (exact) mass is 174 g/mol. The summed E-state index contributed by atoms with van der Waals surface area (Å²) in [5.41, 5.74) is 4.70. The molecular formula is C3H4N2NiO3. The van der Waals surface area contributed by atoms with Crippen molar-refractivity contribution in [2.24, 2.45) is 10.7 Å². The van der Waals surface area contributed by atoms with Gasteiger partial charge in [0.2, 0.25) is 12.2 Å². The Hall–Kier alpha value is -0.696. The van der Waals surface area contributed by atoms with Gasteiger partial charge in [-0.2, -0.15) is 4.99 Å². The Labute approximate surface area is 60.9 Å². The van der Waals surface area contributed by atoms with E-state index in [1.54, 1.807) is 0 Å². The standard InChI is InChI=1S/C3H4N2O3.Ni/c4-2(3(7)8)5-1-6;/h2H,4H2,(H,7,8);. The summed E-state index contributed by atoms with van der Waals surface area (Å²) in [4.78, 5) is 21.7. The molecule has 0 radical (unpaired) electrons. The van der Waals surface area contributed by atoms with Gasteiger partial charge < -0.3 is 5.11 Å². The van der Waals surface area contributed by atoms with E-state index >= 15 is 0 Å². The van der Waals surface area contributed by atoms with Gasteiger partial charge in [0.1, 0.15) is 0 Å². The van der Waals surface area contributed by atoms with E-state index in [1.165, 1.54) is 0 Å². The molecule has 1 atom stereocenters. The Bertz CT molecular complexity index is 140. The molecule has 0 amide bonds. The van der Waals surface area contributed by atoms with Crippen LogP contribution in [0.25, 0.3) is 0 Å². The fourth-order valence-electron chi connectivity index (χ4n) is 0.112. The predicted octanol–water partition coefficient (Wildman–Crippen LogP) is -1.31. The molecule has 6 heteroatoms. The van der Waals surface area contributed by atoms with Crippen molar-refractivity contribution in [3.63, 3.8) is 0 Å². The molecule has 0 aliphatic rings. The average Bonchev–Trinajstić information content (AvgIpc) is 1.67. The largest absolute Gasteiger partial charge is 0.479 e. The van der Waals surface area contributed by atoms with Gasteiger partial charge in [-0.1, -0.05) is 0 Å². The Balaban J connectivity index is 0. The molecule has 0 spiro atoms. The Morgan fingerprint density at radius 2 is 2.22 bits per heavy atom. The van der Waals surface area contributed by atoms with Crippen molar-refractivity contribution < 1.29 is 31.2 Å². The molecule has 0 aliphatic heterocycles. The molecule has 0 aromatic carbocycles. The van der Waals surface area contributed by atoms with Crippen molar-refractivity contribution in [2.45, 2.75) is 6.17 Å². The van der Waals surface area contributed by atoms with Crippen LogP contribution in [0.3, 0.4) is 0 Å². The third-order valence-electron chi connectivity index (χ3n) is 0.445. The molecule has 54 valence electrons. The predicted molar refractivity (Wildman–Crippen MR) is 23.7 cm³/mol. The number of rotatable bonds is 2. The fourth-order valence-corrected chi connectivity index (χ4v) is 0.112. The van der Waals surface area contributed by atoms with Crippen LogP contribution in [-0.4, -0.2) is 23.3 Å². The normalized spacial score (nSPS) is 10.3.